The molecule has 5 rings (SSSR count). The van der Waals surface area contributed by atoms with Crippen molar-refractivity contribution in [2.75, 3.05) is 0 Å². The van der Waals surface area contributed by atoms with Gasteiger partial charge in [-0.1, -0.05) is 57.4 Å². The molecule has 0 aromatic rings. The van der Waals surface area contributed by atoms with E-state index in [2.05, 4.69) is 47.6 Å². The third kappa shape index (κ3) is 3.04. The number of aliphatic hydroxyl groups excluding tert-OH is 1. The first-order chi connectivity index (χ1) is 14.2. The second kappa shape index (κ2) is 7.23. The van der Waals surface area contributed by atoms with Crippen molar-refractivity contribution in [1.82, 2.24) is 0 Å². The van der Waals surface area contributed by atoms with Gasteiger partial charge in [-0.15, -0.1) is 0 Å². The van der Waals surface area contributed by atoms with Crippen LogP contribution in [-0.2, 0) is 0 Å². The Balaban J connectivity index is 1.32. The van der Waals surface area contributed by atoms with Gasteiger partial charge in [-0.25, -0.2) is 0 Å². The molecule has 3 fully saturated rings. The first kappa shape index (κ1) is 21.3. The minimum atomic E-state index is -0.0818. The fraction of sp³-hybridized carbons (Fsp3) is 0.862. The van der Waals surface area contributed by atoms with Crippen LogP contribution in [0.25, 0.3) is 0 Å². The van der Waals surface area contributed by atoms with Crippen LogP contribution in [0.3, 0.4) is 0 Å². The van der Waals surface area contributed by atoms with Crippen LogP contribution in [0.4, 0.5) is 0 Å². The van der Waals surface area contributed by atoms with E-state index >= 15 is 0 Å². The molecule has 3 saturated carbocycles. The molecule has 9 atom stereocenters. The van der Waals surface area contributed by atoms with Gasteiger partial charge in [0, 0.05) is 5.92 Å². The average molecular weight is 411 g/mol. The Morgan fingerprint density at radius 2 is 1.80 bits per heavy atom. The highest BCUT2D eigenvalue weighted by Gasteiger charge is 2.59. The Hall–Kier alpha value is -0.560. The minimum absolute atomic E-state index is 0.0818. The number of hydrogen-bond donors (Lipinski definition) is 1. The Morgan fingerprint density at radius 1 is 1.03 bits per heavy atom. The maximum Gasteiger partial charge on any atom is 0.0577 e. The summed E-state index contributed by atoms with van der Waals surface area (Å²) in [5, 5.41) is 10.2. The molecule has 1 N–H and O–H groups in total. The highest BCUT2D eigenvalue weighted by Crippen LogP contribution is 2.67. The molecular weight excluding hydrogens is 364 g/mol. The van der Waals surface area contributed by atoms with Gasteiger partial charge in [0.15, 0.2) is 0 Å². The molecule has 0 aromatic heterocycles. The van der Waals surface area contributed by atoms with Crippen LogP contribution < -0.4 is 0 Å². The van der Waals surface area contributed by atoms with Gasteiger partial charge in [-0.05, 0) is 111 Å². The fourth-order valence-corrected chi connectivity index (χ4v) is 9.73. The molecular formula is C29H46O. The molecule has 0 aromatic carbocycles. The second-order valence-electron chi connectivity index (χ2n) is 12.9. The molecule has 1 heteroatoms. The van der Waals surface area contributed by atoms with E-state index in [9.17, 15) is 5.11 Å². The first-order valence-electron chi connectivity index (χ1n) is 13.2. The topological polar surface area (TPSA) is 20.2 Å². The second-order valence-corrected chi connectivity index (χ2v) is 12.9. The summed E-state index contributed by atoms with van der Waals surface area (Å²) < 4.78 is 0. The van der Waals surface area contributed by atoms with Gasteiger partial charge in [0.25, 0.3) is 0 Å². The smallest absolute Gasteiger partial charge is 0.0577 e. The first-order valence-corrected chi connectivity index (χ1v) is 13.2. The van der Waals surface area contributed by atoms with Crippen LogP contribution >= 0.6 is 0 Å². The number of hydrogen-bond acceptors (Lipinski definition) is 1. The van der Waals surface area contributed by atoms with Crippen LogP contribution in [0, 0.1) is 52.3 Å². The van der Waals surface area contributed by atoms with Crippen molar-refractivity contribution >= 4 is 0 Å². The van der Waals surface area contributed by atoms with Crippen LogP contribution in [0.1, 0.15) is 99.3 Å². The van der Waals surface area contributed by atoms with Gasteiger partial charge in [0.05, 0.1) is 6.10 Å². The summed E-state index contributed by atoms with van der Waals surface area (Å²) in [6, 6.07) is 0. The predicted molar refractivity (Wildman–Crippen MR) is 126 cm³/mol. The van der Waals surface area contributed by atoms with Gasteiger partial charge in [-0.3, -0.25) is 0 Å². The van der Waals surface area contributed by atoms with Crippen molar-refractivity contribution < 1.29 is 5.11 Å². The Bertz CT molecular complexity index is 758. The predicted octanol–water partition coefficient (Wildman–Crippen LogP) is 7.55. The van der Waals surface area contributed by atoms with E-state index in [4.69, 9.17) is 0 Å². The SMILES string of the molecule is CC1=C(C(C)C)[C@H]1C[C@@H](C)[C@H]1CCC2C3CC=C4C[C@@H](O)CC[C@]4(C)C3CC[C@@]21C. The molecule has 0 saturated heterocycles. The number of allylic oxidation sites excluding steroid dienone is 3. The summed E-state index contributed by atoms with van der Waals surface area (Å²) in [4.78, 5) is 0. The normalized spacial score (nSPS) is 48.7. The van der Waals surface area contributed by atoms with E-state index in [1.165, 1.54) is 44.9 Å². The van der Waals surface area contributed by atoms with Crippen molar-refractivity contribution in [3.8, 4) is 0 Å². The highest BCUT2D eigenvalue weighted by molar-refractivity contribution is 5.40. The highest BCUT2D eigenvalue weighted by atomic mass is 16.3. The molecule has 0 aliphatic heterocycles. The van der Waals surface area contributed by atoms with Crippen molar-refractivity contribution in [3.05, 3.63) is 22.8 Å². The van der Waals surface area contributed by atoms with Crippen molar-refractivity contribution in [1.29, 1.82) is 0 Å². The molecule has 1 nitrogen and oxygen atoms in total. The molecule has 168 valence electrons. The van der Waals surface area contributed by atoms with Gasteiger partial charge >= 0.3 is 0 Å². The standard InChI is InChI=1S/C29H46O/c1-17(2)27-19(4)23(27)15-18(3)24-9-10-25-22-8-7-20-16-21(30)11-13-28(20,5)26(22)12-14-29(24,25)6/h7,17-18,21-26,30H,8-16H2,1-6H3/t18-,21+,22?,23+,24-,25?,26?,28+,29-/m1/s1. The quantitative estimate of drug-likeness (QED) is 0.474. The van der Waals surface area contributed by atoms with E-state index in [1.54, 1.807) is 16.7 Å². The van der Waals surface area contributed by atoms with E-state index < -0.39 is 0 Å². The maximum atomic E-state index is 10.2. The molecule has 3 unspecified atom stereocenters. The van der Waals surface area contributed by atoms with Crippen molar-refractivity contribution in [2.24, 2.45) is 52.3 Å². The molecule has 0 spiro atoms. The molecule has 30 heavy (non-hydrogen) atoms. The number of rotatable bonds is 4. The average Bonchev–Trinajstić information content (AvgIpc) is 3.17. The molecule has 5 aliphatic carbocycles. The monoisotopic (exact) mass is 410 g/mol. The minimum Gasteiger partial charge on any atom is -0.393 e. The molecule has 5 aliphatic rings. The zero-order chi connectivity index (χ0) is 21.4. The van der Waals surface area contributed by atoms with Crippen molar-refractivity contribution in [2.45, 2.75) is 105 Å². The number of aliphatic hydroxyl groups is 1. The van der Waals surface area contributed by atoms with Crippen LogP contribution in [0.5, 0.6) is 0 Å². The zero-order valence-electron chi connectivity index (χ0n) is 20.5. The summed E-state index contributed by atoms with van der Waals surface area (Å²) in [5.41, 5.74) is 6.07. The molecule has 0 radical (unpaired) electrons. The third-order valence-corrected chi connectivity index (χ3v) is 11.3. The van der Waals surface area contributed by atoms with Crippen LogP contribution in [0.2, 0.25) is 0 Å². The lowest BCUT2D eigenvalue weighted by Gasteiger charge is -2.58. The van der Waals surface area contributed by atoms with E-state index in [-0.39, 0.29) is 6.10 Å². The van der Waals surface area contributed by atoms with E-state index in [0.29, 0.717) is 10.8 Å². The fourth-order valence-electron chi connectivity index (χ4n) is 9.73. The lowest BCUT2D eigenvalue weighted by Crippen LogP contribution is -2.50. The van der Waals surface area contributed by atoms with Gasteiger partial charge in [0.1, 0.15) is 0 Å². The van der Waals surface area contributed by atoms with Crippen molar-refractivity contribution in [3.63, 3.8) is 0 Å². The molecule has 0 bridgehead atoms. The Morgan fingerprint density at radius 3 is 2.50 bits per heavy atom. The van der Waals surface area contributed by atoms with Gasteiger partial charge in [-0.2, -0.15) is 0 Å². The Labute approximate surface area is 185 Å². The maximum absolute atomic E-state index is 10.2. The number of fused-ring (bicyclic) bond motifs is 5. The van der Waals surface area contributed by atoms with Crippen LogP contribution in [-0.4, -0.2) is 11.2 Å². The van der Waals surface area contributed by atoms with Gasteiger partial charge < -0.3 is 5.11 Å². The van der Waals surface area contributed by atoms with E-state index in [0.717, 1.165) is 54.3 Å². The summed E-state index contributed by atoms with van der Waals surface area (Å²) in [6.45, 7) is 15.0. The van der Waals surface area contributed by atoms with Gasteiger partial charge in [0.2, 0.25) is 0 Å². The zero-order valence-corrected chi connectivity index (χ0v) is 20.5. The molecule has 0 amide bonds. The lowest BCUT2D eigenvalue weighted by molar-refractivity contribution is -0.0574. The van der Waals surface area contributed by atoms with Crippen LogP contribution in [0.15, 0.2) is 22.8 Å². The summed E-state index contributed by atoms with van der Waals surface area (Å²) in [6.07, 6.45) is 14.2. The lowest BCUT2D eigenvalue weighted by atomic mass is 9.47. The summed E-state index contributed by atoms with van der Waals surface area (Å²) >= 11 is 0. The Kier molecular flexibility index (Phi) is 5.13. The third-order valence-electron chi connectivity index (χ3n) is 11.3. The largest absolute Gasteiger partial charge is 0.393 e. The summed E-state index contributed by atoms with van der Waals surface area (Å²) in [5.74, 6) is 6.09. The molecule has 0 heterocycles. The van der Waals surface area contributed by atoms with E-state index in [1.807, 2.05) is 0 Å². The summed E-state index contributed by atoms with van der Waals surface area (Å²) in [7, 11) is 0.